The van der Waals surface area contributed by atoms with Gasteiger partial charge < -0.3 is 4.74 Å². The van der Waals surface area contributed by atoms with Gasteiger partial charge in [-0.1, -0.05) is 65.7 Å². The number of carbonyl (C=O) groups excluding carboxylic acids is 2. The molecule has 3 aromatic rings. The normalized spacial score (nSPS) is 12.4. The number of esters is 1. The van der Waals surface area contributed by atoms with Gasteiger partial charge in [-0.25, -0.2) is 17.5 Å². The topological polar surface area (TPSA) is 80.8 Å². The summed E-state index contributed by atoms with van der Waals surface area (Å²) in [6.07, 6.45) is -1.17. The number of rotatable bonds is 7. The van der Waals surface area contributed by atoms with Gasteiger partial charge in [0, 0.05) is 25.2 Å². The third kappa shape index (κ3) is 5.12. The molecule has 32 heavy (non-hydrogen) atoms. The van der Waals surface area contributed by atoms with E-state index in [1.807, 2.05) is 38.1 Å². The van der Waals surface area contributed by atoms with Crippen molar-refractivity contribution in [1.29, 1.82) is 0 Å². The molecular formula is C25H25NO5S. The summed E-state index contributed by atoms with van der Waals surface area (Å²) >= 11 is 0. The molecule has 6 nitrogen and oxygen atoms in total. The molecule has 0 aliphatic carbocycles. The zero-order valence-electron chi connectivity index (χ0n) is 18.4. The van der Waals surface area contributed by atoms with E-state index >= 15 is 0 Å². The highest BCUT2D eigenvalue weighted by Gasteiger charge is 2.27. The summed E-state index contributed by atoms with van der Waals surface area (Å²) in [5.74, 6) is -1.15. The maximum atomic E-state index is 13.2. The molecule has 0 bridgehead atoms. The Morgan fingerprint density at radius 3 is 1.94 bits per heavy atom. The molecule has 0 aromatic heterocycles. The van der Waals surface area contributed by atoms with Crippen molar-refractivity contribution < 1.29 is 22.7 Å². The first kappa shape index (κ1) is 23.4. The smallest absolute Gasteiger partial charge is 0.339 e. The van der Waals surface area contributed by atoms with Crippen molar-refractivity contribution in [2.45, 2.75) is 24.8 Å². The highest BCUT2D eigenvalue weighted by atomic mass is 32.2. The average Bonchev–Trinajstić information content (AvgIpc) is 2.78. The van der Waals surface area contributed by atoms with Crippen LogP contribution in [0, 0.1) is 13.8 Å². The minimum Gasteiger partial charge on any atom is -0.445 e. The van der Waals surface area contributed by atoms with Crippen LogP contribution < -0.4 is 0 Å². The van der Waals surface area contributed by atoms with Crippen LogP contribution in [0.5, 0.6) is 0 Å². The maximum Gasteiger partial charge on any atom is 0.339 e. The van der Waals surface area contributed by atoms with Crippen molar-refractivity contribution in [3.8, 4) is 0 Å². The van der Waals surface area contributed by atoms with E-state index in [9.17, 15) is 18.0 Å². The first-order chi connectivity index (χ1) is 15.1. The van der Waals surface area contributed by atoms with Gasteiger partial charge in [0.1, 0.15) is 0 Å². The number of ketones is 1. The molecule has 1 atom stereocenters. The molecule has 7 heteroatoms. The fourth-order valence-electron chi connectivity index (χ4n) is 3.05. The second-order valence-corrected chi connectivity index (χ2v) is 9.89. The molecule has 1 unspecified atom stereocenters. The predicted molar refractivity (Wildman–Crippen MR) is 122 cm³/mol. The van der Waals surface area contributed by atoms with Gasteiger partial charge in [-0.05, 0) is 32.0 Å². The zero-order valence-corrected chi connectivity index (χ0v) is 19.2. The Morgan fingerprint density at radius 1 is 0.812 bits per heavy atom. The van der Waals surface area contributed by atoms with Gasteiger partial charge in [0.25, 0.3) is 0 Å². The molecule has 3 aromatic carbocycles. The summed E-state index contributed by atoms with van der Waals surface area (Å²) in [4.78, 5) is 26.2. The number of benzene rings is 3. The molecule has 0 saturated carbocycles. The third-order valence-electron chi connectivity index (χ3n) is 5.03. The van der Waals surface area contributed by atoms with Crippen molar-refractivity contribution in [3.05, 3.63) is 101 Å². The molecule has 0 fully saturated rings. The van der Waals surface area contributed by atoms with E-state index in [4.69, 9.17) is 4.74 Å². The average molecular weight is 452 g/mol. The Balaban J connectivity index is 1.96. The maximum absolute atomic E-state index is 13.2. The molecule has 0 aliphatic heterocycles. The molecule has 0 amide bonds. The van der Waals surface area contributed by atoms with Crippen molar-refractivity contribution in [2.75, 3.05) is 14.1 Å². The molecule has 0 radical (unpaired) electrons. The van der Waals surface area contributed by atoms with Crippen LogP contribution in [0.4, 0.5) is 0 Å². The van der Waals surface area contributed by atoms with E-state index in [1.54, 1.807) is 24.3 Å². The van der Waals surface area contributed by atoms with Crippen LogP contribution in [0.25, 0.3) is 0 Å². The lowest BCUT2D eigenvalue weighted by atomic mass is 9.98. The SMILES string of the molecule is Cc1ccc(C(=O)C(OC(=O)c2cccc(S(=O)(=O)N(C)C)c2)c2ccc(C)cc2)cc1. The van der Waals surface area contributed by atoms with Crippen LogP contribution >= 0.6 is 0 Å². The van der Waals surface area contributed by atoms with E-state index in [-0.39, 0.29) is 16.2 Å². The Labute approximate surface area is 188 Å². The molecule has 166 valence electrons. The minimum absolute atomic E-state index is 0.0336. The number of aryl methyl sites for hydroxylation is 2. The first-order valence-electron chi connectivity index (χ1n) is 10.0. The van der Waals surface area contributed by atoms with Gasteiger partial charge in [-0.2, -0.15) is 0 Å². The van der Waals surface area contributed by atoms with E-state index in [2.05, 4.69) is 0 Å². The van der Waals surface area contributed by atoms with Gasteiger partial charge in [0.15, 0.2) is 6.10 Å². The third-order valence-corrected chi connectivity index (χ3v) is 6.84. The van der Waals surface area contributed by atoms with Crippen LogP contribution in [0.2, 0.25) is 0 Å². The first-order valence-corrected chi connectivity index (χ1v) is 11.4. The van der Waals surface area contributed by atoms with E-state index < -0.39 is 22.1 Å². The predicted octanol–water partition coefficient (Wildman–Crippen LogP) is 4.33. The number of carbonyl (C=O) groups is 2. The van der Waals surface area contributed by atoms with Gasteiger partial charge in [-0.3, -0.25) is 4.79 Å². The van der Waals surface area contributed by atoms with Crippen LogP contribution in [-0.4, -0.2) is 38.6 Å². The number of sulfonamides is 1. The monoisotopic (exact) mass is 451 g/mol. The van der Waals surface area contributed by atoms with E-state index in [0.717, 1.165) is 15.4 Å². The molecular weight excluding hydrogens is 426 g/mol. The lowest BCUT2D eigenvalue weighted by Crippen LogP contribution is -2.23. The summed E-state index contributed by atoms with van der Waals surface area (Å²) in [6.45, 7) is 3.84. The Morgan fingerprint density at radius 2 is 1.38 bits per heavy atom. The summed E-state index contributed by atoms with van der Waals surface area (Å²) in [5.41, 5.74) is 3.00. The van der Waals surface area contributed by atoms with Crippen molar-refractivity contribution >= 4 is 21.8 Å². The quantitative estimate of drug-likeness (QED) is 0.394. The van der Waals surface area contributed by atoms with E-state index in [1.165, 1.54) is 38.4 Å². The van der Waals surface area contributed by atoms with Gasteiger partial charge >= 0.3 is 5.97 Å². The molecule has 0 saturated heterocycles. The highest BCUT2D eigenvalue weighted by Crippen LogP contribution is 2.25. The van der Waals surface area contributed by atoms with Gasteiger partial charge in [-0.15, -0.1) is 0 Å². The van der Waals surface area contributed by atoms with Crippen molar-refractivity contribution in [2.24, 2.45) is 0 Å². The minimum atomic E-state index is -3.72. The van der Waals surface area contributed by atoms with Crippen LogP contribution in [-0.2, 0) is 14.8 Å². The molecule has 0 spiro atoms. The summed E-state index contributed by atoms with van der Waals surface area (Å²) < 4.78 is 31.5. The fourth-order valence-corrected chi connectivity index (χ4v) is 4.00. The number of Topliss-reactive ketones (excluding diaryl/α,β-unsaturated/α-hetero) is 1. The van der Waals surface area contributed by atoms with Crippen molar-refractivity contribution in [3.63, 3.8) is 0 Å². The fraction of sp³-hybridized carbons (Fsp3) is 0.200. The summed E-state index contributed by atoms with van der Waals surface area (Å²) in [5, 5.41) is 0. The Bertz CT molecular complexity index is 1230. The lowest BCUT2D eigenvalue weighted by Gasteiger charge is -2.18. The number of nitrogens with zero attached hydrogens (tertiary/aromatic N) is 1. The molecule has 3 rings (SSSR count). The number of hydrogen-bond donors (Lipinski definition) is 0. The lowest BCUT2D eigenvalue weighted by molar-refractivity contribution is 0.0279. The zero-order chi connectivity index (χ0) is 23.5. The van der Waals surface area contributed by atoms with Gasteiger partial charge in [0.05, 0.1) is 10.5 Å². The number of hydrogen-bond acceptors (Lipinski definition) is 5. The van der Waals surface area contributed by atoms with Crippen LogP contribution in [0.15, 0.2) is 77.7 Å². The summed E-state index contributed by atoms with van der Waals surface area (Å²) in [7, 11) is -0.902. The second-order valence-electron chi connectivity index (χ2n) is 7.74. The standard InChI is InChI=1S/C25H25NO5S/c1-17-8-12-19(13-9-17)23(27)24(20-14-10-18(2)11-15-20)31-25(28)21-6-5-7-22(16-21)32(29,30)26(3)4/h5-16,24H,1-4H3. The molecule has 0 N–H and O–H groups in total. The van der Waals surface area contributed by atoms with Gasteiger partial charge in [0.2, 0.25) is 15.8 Å². The molecule has 0 heterocycles. The number of ether oxygens (including phenoxy) is 1. The highest BCUT2D eigenvalue weighted by molar-refractivity contribution is 7.89. The largest absolute Gasteiger partial charge is 0.445 e. The Kier molecular flexibility index (Phi) is 6.91. The van der Waals surface area contributed by atoms with Crippen LogP contribution in [0.3, 0.4) is 0 Å². The molecule has 0 aliphatic rings. The summed E-state index contributed by atoms with van der Waals surface area (Å²) in [6, 6.07) is 19.8. The van der Waals surface area contributed by atoms with Crippen LogP contribution in [0.1, 0.15) is 43.5 Å². The van der Waals surface area contributed by atoms with E-state index in [0.29, 0.717) is 11.1 Å². The Hall–Kier alpha value is -3.29. The van der Waals surface area contributed by atoms with Crippen molar-refractivity contribution in [1.82, 2.24) is 4.31 Å². The second kappa shape index (κ2) is 9.46.